The topological polar surface area (TPSA) is 77.2 Å². The predicted molar refractivity (Wildman–Crippen MR) is 82.9 cm³/mol. The van der Waals surface area contributed by atoms with Gasteiger partial charge in [0.25, 0.3) is 0 Å². The zero-order valence-corrected chi connectivity index (χ0v) is 12.7. The number of benzene rings is 1. The molecule has 8 heteroatoms. The van der Waals surface area contributed by atoms with Crippen molar-refractivity contribution in [1.29, 1.82) is 0 Å². The number of nitrogens with zero attached hydrogens (tertiary/aromatic N) is 5. The Morgan fingerprint density at radius 2 is 2.05 bits per heavy atom. The van der Waals surface area contributed by atoms with Crippen LogP contribution in [0.5, 0.6) is 0 Å². The van der Waals surface area contributed by atoms with Crippen LogP contribution in [-0.2, 0) is 4.74 Å². The maximum atomic E-state index is 5.95. The highest BCUT2D eigenvalue weighted by Crippen LogP contribution is 2.23. The number of tetrazole rings is 1. The van der Waals surface area contributed by atoms with Gasteiger partial charge in [-0.1, -0.05) is 23.7 Å². The fraction of sp³-hybridized carbons (Fsp3) is 0.286. The normalized spacial score (nSPS) is 12.5. The van der Waals surface area contributed by atoms with Gasteiger partial charge in [-0.15, -0.1) is 14.8 Å². The molecule has 0 aliphatic carbocycles. The molecule has 0 saturated heterocycles. The predicted octanol–water partition coefficient (Wildman–Crippen LogP) is 2.36. The minimum atomic E-state index is 0.0543. The van der Waals surface area contributed by atoms with Crippen LogP contribution >= 0.6 is 11.6 Å². The summed E-state index contributed by atoms with van der Waals surface area (Å²) in [5.74, 6) is 0.691. The lowest BCUT2D eigenvalue weighted by Gasteiger charge is -2.19. The van der Waals surface area contributed by atoms with Gasteiger partial charge in [0.1, 0.15) is 5.82 Å². The van der Waals surface area contributed by atoms with Crippen molar-refractivity contribution in [3.8, 4) is 0 Å². The Hall–Kier alpha value is -2.25. The maximum absolute atomic E-state index is 5.95. The van der Waals surface area contributed by atoms with Gasteiger partial charge >= 0.3 is 0 Å². The number of ether oxygens (including phenoxy) is 1. The number of nitrogens with one attached hydrogen (secondary N) is 1. The van der Waals surface area contributed by atoms with Crippen molar-refractivity contribution in [1.82, 2.24) is 25.3 Å². The van der Waals surface area contributed by atoms with E-state index in [0.717, 1.165) is 12.0 Å². The van der Waals surface area contributed by atoms with Gasteiger partial charge in [-0.2, -0.15) is 0 Å². The summed E-state index contributed by atoms with van der Waals surface area (Å²) in [5.41, 5.74) is 1.71. The Labute approximate surface area is 132 Å². The average molecular weight is 319 g/mol. The van der Waals surface area contributed by atoms with Crippen LogP contribution in [0.3, 0.4) is 0 Å². The lowest BCUT2D eigenvalue weighted by atomic mass is 10.0. The first-order valence-electron chi connectivity index (χ1n) is 6.82. The minimum Gasteiger partial charge on any atom is -0.385 e. The van der Waals surface area contributed by atoms with Crippen LogP contribution < -0.4 is 5.32 Å². The molecule has 0 spiro atoms. The van der Waals surface area contributed by atoms with Crippen LogP contribution in [-0.4, -0.2) is 39.0 Å². The van der Waals surface area contributed by atoms with Crippen molar-refractivity contribution in [3.63, 3.8) is 0 Å². The smallest absolute Gasteiger partial charge is 0.200 e. The lowest BCUT2D eigenvalue weighted by Crippen LogP contribution is -2.15. The molecule has 0 saturated carbocycles. The van der Waals surface area contributed by atoms with Crippen LogP contribution in [0.25, 0.3) is 5.65 Å². The fourth-order valence-corrected chi connectivity index (χ4v) is 2.28. The number of fused-ring (bicyclic) bond motifs is 1. The molecule has 0 fully saturated rings. The van der Waals surface area contributed by atoms with Crippen molar-refractivity contribution in [2.45, 2.75) is 12.5 Å². The molecule has 0 bridgehead atoms. The van der Waals surface area contributed by atoms with E-state index in [1.165, 1.54) is 4.63 Å². The third kappa shape index (κ3) is 3.32. The lowest BCUT2D eigenvalue weighted by molar-refractivity contribution is 0.190. The molecular weight excluding hydrogens is 304 g/mol. The number of aromatic nitrogens is 5. The Kier molecular flexibility index (Phi) is 4.45. The standard InChI is InChI=1S/C14H15ClN6O/c1-22-9-8-12(10-2-4-11(15)5-3-10)16-13-6-7-14-17-19-20-21(14)18-13/h2-7,12H,8-9H2,1H3,(H,16,18). The molecule has 114 valence electrons. The first-order chi connectivity index (χ1) is 10.8. The van der Waals surface area contributed by atoms with Crippen molar-refractivity contribution in [3.05, 3.63) is 47.0 Å². The Bertz CT molecular complexity index is 744. The molecule has 0 radical (unpaired) electrons. The molecule has 1 unspecified atom stereocenters. The molecule has 1 atom stereocenters. The summed E-state index contributed by atoms with van der Waals surface area (Å²) in [5, 5.41) is 19.6. The van der Waals surface area contributed by atoms with Crippen LogP contribution in [0, 0.1) is 0 Å². The van der Waals surface area contributed by atoms with E-state index in [-0.39, 0.29) is 6.04 Å². The summed E-state index contributed by atoms with van der Waals surface area (Å²) in [6.45, 7) is 0.632. The second kappa shape index (κ2) is 6.67. The van der Waals surface area contributed by atoms with Crippen LogP contribution in [0.4, 0.5) is 5.82 Å². The van der Waals surface area contributed by atoms with Gasteiger partial charge in [0.05, 0.1) is 6.04 Å². The van der Waals surface area contributed by atoms with E-state index in [0.29, 0.717) is 23.1 Å². The summed E-state index contributed by atoms with van der Waals surface area (Å²) in [6, 6.07) is 11.4. The van der Waals surface area contributed by atoms with E-state index in [9.17, 15) is 0 Å². The number of rotatable bonds is 6. The van der Waals surface area contributed by atoms with Gasteiger partial charge in [0, 0.05) is 18.7 Å². The zero-order chi connectivity index (χ0) is 15.4. The summed E-state index contributed by atoms with van der Waals surface area (Å²) < 4.78 is 6.58. The van der Waals surface area contributed by atoms with E-state index < -0.39 is 0 Å². The molecule has 1 aromatic carbocycles. The molecule has 3 rings (SSSR count). The molecule has 2 aromatic heterocycles. The third-order valence-electron chi connectivity index (χ3n) is 3.27. The van der Waals surface area contributed by atoms with E-state index in [2.05, 4.69) is 25.9 Å². The highest BCUT2D eigenvalue weighted by atomic mass is 35.5. The molecule has 22 heavy (non-hydrogen) atoms. The second-order valence-electron chi connectivity index (χ2n) is 4.78. The molecule has 0 aliphatic heterocycles. The molecular formula is C14H15ClN6O. The number of halogens is 1. The molecule has 2 heterocycles. The third-order valence-corrected chi connectivity index (χ3v) is 3.53. The van der Waals surface area contributed by atoms with E-state index in [1.807, 2.05) is 36.4 Å². The molecule has 0 amide bonds. The quantitative estimate of drug-likeness (QED) is 0.752. The maximum Gasteiger partial charge on any atom is 0.200 e. The molecule has 1 N–H and O–H groups in total. The van der Waals surface area contributed by atoms with Crippen LogP contribution in [0.2, 0.25) is 5.02 Å². The molecule has 0 aliphatic rings. The minimum absolute atomic E-state index is 0.0543. The largest absolute Gasteiger partial charge is 0.385 e. The highest BCUT2D eigenvalue weighted by molar-refractivity contribution is 6.30. The van der Waals surface area contributed by atoms with Gasteiger partial charge in [-0.05, 0) is 46.7 Å². The first-order valence-corrected chi connectivity index (χ1v) is 7.20. The summed E-state index contributed by atoms with van der Waals surface area (Å²) in [4.78, 5) is 0. The average Bonchev–Trinajstić information content (AvgIpc) is 3.00. The van der Waals surface area contributed by atoms with E-state index >= 15 is 0 Å². The van der Waals surface area contributed by atoms with Crippen molar-refractivity contribution in [2.75, 3.05) is 19.0 Å². The van der Waals surface area contributed by atoms with Crippen LogP contribution in [0.15, 0.2) is 36.4 Å². The summed E-state index contributed by atoms with van der Waals surface area (Å²) in [6.07, 6.45) is 0.799. The SMILES string of the molecule is COCCC(Nc1ccc2nnnn2n1)c1ccc(Cl)cc1. The number of anilines is 1. The highest BCUT2D eigenvalue weighted by Gasteiger charge is 2.13. The van der Waals surface area contributed by atoms with Gasteiger partial charge in [-0.25, -0.2) is 0 Å². The molecule has 3 aromatic rings. The number of hydrogen-bond donors (Lipinski definition) is 1. The summed E-state index contributed by atoms with van der Waals surface area (Å²) in [7, 11) is 1.68. The van der Waals surface area contributed by atoms with Crippen molar-refractivity contribution < 1.29 is 4.74 Å². The Balaban J connectivity index is 1.83. The van der Waals surface area contributed by atoms with E-state index in [4.69, 9.17) is 16.3 Å². The van der Waals surface area contributed by atoms with Crippen molar-refractivity contribution >= 4 is 23.1 Å². The first kappa shape index (κ1) is 14.7. The van der Waals surface area contributed by atoms with Gasteiger partial charge in [-0.3, -0.25) is 0 Å². The monoisotopic (exact) mass is 318 g/mol. The summed E-state index contributed by atoms with van der Waals surface area (Å²) >= 11 is 5.95. The Morgan fingerprint density at radius 3 is 2.82 bits per heavy atom. The Morgan fingerprint density at radius 1 is 1.23 bits per heavy atom. The number of hydrogen-bond acceptors (Lipinski definition) is 6. The van der Waals surface area contributed by atoms with Gasteiger partial charge in [0.2, 0.25) is 0 Å². The fourth-order valence-electron chi connectivity index (χ4n) is 2.16. The number of methoxy groups -OCH3 is 1. The second-order valence-corrected chi connectivity index (χ2v) is 5.21. The van der Waals surface area contributed by atoms with E-state index in [1.54, 1.807) is 7.11 Å². The molecule has 7 nitrogen and oxygen atoms in total. The van der Waals surface area contributed by atoms with Crippen LogP contribution in [0.1, 0.15) is 18.0 Å². The van der Waals surface area contributed by atoms with Gasteiger partial charge < -0.3 is 10.1 Å². The van der Waals surface area contributed by atoms with Crippen molar-refractivity contribution in [2.24, 2.45) is 0 Å². The van der Waals surface area contributed by atoms with Gasteiger partial charge in [0.15, 0.2) is 5.65 Å². The zero-order valence-electron chi connectivity index (χ0n) is 12.0.